The van der Waals surface area contributed by atoms with Crippen molar-refractivity contribution < 1.29 is 47.7 Å². The second-order valence-electron chi connectivity index (χ2n) is 12.4. The van der Waals surface area contributed by atoms with Crippen LogP contribution < -0.4 is 11.2 Å². The first-order valence-corrected chi connectivity index (χ1v) is 16.3. The number of aliphatic carboxylic acids is 2. The number of aryl methyl sites for hydroxylation is 1. The zero-order valence-corrected chi connectivity index (χ0v) is 27.4. The van der Waals surface area contributed by atoms with Crippen molar-refractivity contribution in [3.05, 3.63) is 80.6 Å². The molecule has 46 heavy (non-hydrogen) atoms. The van der Waals surface area contributed by atoms with E-state index in [0.717, 1.165) is 0 Å². The van der Waals surface area contributed by atoms with Crippen LogP contribution in [0, 0.1) is 17.8 Å². The standard InChI is InChI=1S/C31H41N2O12P/c1-20-18-33(29(40)32-24(20)34)22-11-12-23(17-22)45-26(25(35)42-19-21-9-7-6-8-10-21)46(41,43-15-13-30(2,3)27(36)37)44-16-14-31(4,5)28(38)39/h6-12,18,22-23,26H,13-17,19H2,1-5H3,(H,36,37)(H,38,39)(H,32,34,40)/t22-,23+,26?/m0/s1. The number of aromatic nitrogens is 2. The van der Waals surface area contributed by atoms with Gasteiger partial charge in [-0.1, -0.05) is 42.5 Å². The third-order valence-corrected chi connectivity index (χ3v) is 9.69. The van der Waals surface area contributed by atoms with Gasteiger partial charge in [-0.3, -0.25) is 28.5 Å². The molecule has 3 N–H and O–H groups in total. The second kappa shape index (κ2) is 15.2. The molecule has 1 aromatic heterocycles. The van der Waals surface area contributed by atoms with Gasteiger partial charge < -0.3 is 28.7 Å². The maximum atomic E-state index is 14.5. The van der Waals surface area contributed by atoms with Gasteiger partial charge in [0.05, 0.1) is 36.2 Å². The van der Waals surface area contributed by atoms with Gasteiger partial charge in [0.2, 0.25) is 0 Å². The molecule has 14 nitrogen and oxygen atoms in total. The number of carboxylic acids is 2. The van der Waals surface area contributed by atoms with E-state index in [1.54, 1.807) is 49.4 Å². The van der Waals surface area contributed by atoms with Gasteiger partial charge in [0.25, 0.3) is 11.4 Å². The zero-order valence-electron chi connectivity index (χ0n) is 26.5. The zero-order chi connectivity index (χ0) is 34.3. The molecule has 0 saturated heterocycles. The lowest BCUT2D eigenvalue weighted by Crippen LogP contribution is -2.35. The summed E-state index contributed by atoms with van der Waals surface area (Å²) in [6.07, 6.45) is 3.57. The SMILES string of the molecule is Cc1cn([C@H]2C=C[C@@H](OC(C(=O)OCc3ccccc3)P(=O)(OCCC(C)(C)C(=O)O)OCCC(C)(C)C(=O)O)C2)c(=O)[nH]c1=O. The van der Waals surface area contributed by atoms with E-state index in [2.05, 4.69) is 4.98 Å². The highest BCUT2D eigenvalue weighted by Gasteiger charge is 2.47. The van der Waals surface area contributed by atoms with Crippen LogP contribution in [0.15, 0.2) is 58.3 Å². The minimum atomic E-state index is -4.64. The number of nitrogens with zero attached hydrogens (tertiary/aromatic N) is 1. The first-order valence-electron chi connectivity index (χ1n) is 14.7. The van der Waals surface area contributed by atoms with E-state index < -0.39 is 78.8 Å². The van der Waals surface area contributed by atoms with E-state index in [1.165, 1.54) is 38.5 Å². The molecule has 0 radical (unpaired) electrons. The molecule has 1 aliphatic rings. The fourth-order valence-corrected chi connectivity index (χ4v) is 5.93. The average molecular weight is 665 g/mol. The molecule has 0 aliphatic heterocycles. The van der Waals surface area contributed by atoms with Crippen LogP contribution in [0.5, 0.6) is 0 Å². The molecule has 1 heterocycles. The number of aromatic amines is 1. The smallest absolute Gasteiger partial charge is 0.370 e. The molecule has 15 heteroatoms. The molecule has 1 aliphatic carbocycles. The molecular formula is C31H41N2O12P. The Hall–Kier alpha value is -3.84. The summed E-state index contributed by atoms with van der Waals surface area (Å²) in [7, 11) is -4.64. The Labute approximate surface area is 265 Å². The van der Waals surface area contributed by atoms with Crippen LogP contribution in [-0.2, 0) is 44.1 Å². The Kier molecular flexibility index (Phi) is 12.1. The molecule has 3 atom stereocenters. The molecule has 0 bridgehead atoms. The van der Waals surface area contributed by atoms with Crippen molar-refractivity contribution in [2.24, 2.45) is 10.8 Å². The maximum Gasteiger partial charge on any atom is 0.370 e. The van der Waals surface area contributed by atoms with Crippen molar-refractivity contribution in [3.8, 4) is 0 Å². The number of ether oxygens (including phenoxy) is 2. The van der Waals surface area contributed by atoms with Crippen molar-refractivity contribution in [1.29, 1.82) is 0 Å². The van der Waals surface area contributed by atoms with Gasteiger partial charge in [-0.2, -0.15) is 0 Å². The van der Waals surface area contributed by atoms with Crippen LogP contribution >= 0.6 is 7.60 Å². The summed E-state index contributed by atoms with van der Waals surface area (Å²) in [4.78, 5) is 63.5. The summed E-state index contributed by atoms with van der Waals surface area (Å²) < 4.78 is 38.6. The highest BCUT2D eigenvalue weighted by atomic mass is 31.2. The molecule has 0 saturated carbocycles. The predicted molar refractivity (Wildman–Crippen MR) is 165 cm³/mol. The first kappa shape index (κ1) is 36.6. The van der Waals surface area contributed by atoms with Crippen LogP contribution in [0.1, 0.15) is 64.1 Å². The van der Waals surface area contributed by atoms with Crippen LogP contribution in [0.3, 0.4) is 0 Å². The maximum absolute atomic E-state index is 14.5. The summed E-state index contributed by atoms with van der Waals surface area (Å²) in [6.45, 7) is 6.34. The minimum Gasteiger partial charge on any atom is -0.481 e. The number of carbonyl (C=O) groups excluding carboxylic acids is 1. The van der Waals surface area contributed by atoms with Crippen LogP contribution in [0.4, 0.5) is 0 Å². The number of nitrogens with one attached hydrogen (secondary N) is 1. The highest BCUT2D eigenvalue weighted by molar-refractivity contribution is 7.55. The van der Waals surface area contributed by atoms with Gasteiger partial charge in [-0.05, 0) is 53.0 Å². The Balaban J connectivity index is 1.91. The van der Waals surface area contributed by atoms with Gasteiger partial charge in [-0.15, -0.1) is 0 Å². The van der Waals surface area contributed by atoms with Crippen molar-refractivity contribution >= 4 is 25.5 Å². The molecule has 1 aromatic carbocycles. The third kappa shape index (κ3) is 9.58. The molecule has 0 spiro atoms. The number of H-pyrrole nitrogens is 1. The number of carboxylic acid groups (broad SMARTS) is 2. The number of benzene rings is 1. The Morgan fingerprint density at radius 2 is 1.54 bits per heavy atom. The lowest BCUT2D eigenvalue weighted by Gasteiger charge is -2.29. The number of allylic oxidation sites excluding steroid dienone is 1. The lowest BCUT2D eigenvalue weighted by molar-refractivity contribution is -0.156. The van der Waals surface area contributed by atoms with Gasteiger partial charge in [0.15, 0.2) is 0 Å². The number of carbonyl (C=O) groups is 3. The van der Waals surface area contributed by atoms with E-state index in [0.29, 0.717) is 11.1 Å². The summed E-state index contributed by atoms with van der Waals surface area (Å²) >= 11 is 0. The molecular weight excluding hydrogens is 623 g/mol. The van der Waals surface area contributed by atoms with E-state index in [4.69, 9.17) is 18.5 Å². The number of rotatable bonds is 17. The number of hydrogen-bond acceptors (Lipinski definition) is 10. The normalized spacial score (nSPS) is 17.5. The van der Waals surface area contributed by atoms with Crippen LogP contribution in [0.2, 0.25) is 0 Å². The lowest BCUT2D eigenvalue weighted by atomic mass is 9.90. The first-order chi connectivity index (χ1) is 21.4. The van der Waals surface area contributed by atoms with Gasteiger partial charge in [-0.25, -0.2) is 9.59 Å². The quantitative estimate of drug-likeness (QED) is 0.125. The Bertz CT molecular complexity index is 1560. The van der Waals surface area contributed by atoms with E-state index in [-0.39, 0.29) is 25.9 Å². The third-order valence-electron chi connectivity index (χ3n) is 7.70. The number of esters is 1. The highest BCUT2D eigenvalue weighted by Crippen LogP contribution is 2.55. The van der Waals surface area contributed by atoms with Gasteiger partial charge in [0, 0.05) is 18.2 Å². The van der Waals surface area contributed by atoms with Crippen LogP contribution in [-0.4, -0.2) is 62.8 Å². The van der Waals surface area contributed by atoms with Crippen molar-refractivity contribution in [2.75, 3.05) is 13.2 Å². The molecule has 252 valence electrons. The topological polar surface area (TPSA) is 201 Å². The summed E-state index contributed by atoms with van der Waals surface area (Å²) in [5.41, 5.74) is -2.78. The Morgan fingerprint density at radius 1 is 0.978 bits per heavy atom. The van der Waals surface area contributed by atoms with E-state index in [1.807, 2.05) is 0 Å². The average Bonchev–Trinajstić information content (AvgIpc) is 3.45. The van der Waals surface area contributed by atoms with Crippen LogP contribution in [0.25, 0.3) is 0 Å². The monoisotopic (exact) mass is 664 g/mol. The fourth-order valence-electron chi connectivity index (χ4n) is 4.25. The summed E-state index contributed by atoms with van der Waals surface area (Å²) in [5, 5.41) is 19.1. The Morgan fingerprint density at radius 3 is 2.09 bits per heavy atom. The minimum absolute atomic E-state index is 0.103. The van der Waals surface area contributed by atoms with Crippen molar-refractivity contribution in [3.63, 3.8) is 0 Å². The van der Waals surface area contributed by atoms with Crippen molar-refractivity contribution in [1.82, 2.24) is 9.55 Å². The molecule has 0 amide bonds. The summed E-state index contributed by atoms with van der Waals surface area (Å²) in [5.74, 6) is -5.30. The molecule has 3 rings (SSSR count). The van der Waals surface area contributed by atoms with Gasteiger partial charge >= 0.3 is 31.2 Å². The fraction of sp³-hybridized carbons (Fsp3) is 0.516. The van der Waals surface area contributed by atoms with Gasteiger partial charge in [0.1, 0.15) is 6.61 Å². The van der Waals surface area contributed by atoms with E-state index in [9.17, 15) is 38.8 Å². The number of hydrogen-bond donors (Lipinski definition) is 3. The molecule has 1 unspecified atom stereocenters. The largest absolute Gasteiger partial charge is 0.481 e. The summed E-state index contributed by atoms with van der Waals surface area (Å²) in [6, 6.07) is 8.11. The van der Waals surface area contributed by atoms with Crippen molar-refractivity contribution in [2.45, 2.75) is 78.5 Å². The van der Waals surface area contributed by atoms with E-state index >= 15 is 0 Å². The molecule has 0 fully saturated rings. The predicted octanol–water partition coefficient (Wildman–Crippen LogP) is 4.03. The second-order valence-corrected chi connectivity index (χ2v) is 14.4. The molecule has 2 aromatic rings.